The summed E-state index contributed by atoms with van der Waals surface area (Å²) < 4.78 is 5.02. The van der Waals surface area contributed by atoms with Crippen molar-refractivity contribution in [1.82, 2.24) is 0 Å². The summed E-state index contributed by atoms with van der Waals surface area (Å²) in [6.45, 7) is 2.24. The maximum absolute atomic E-state index is 11.7. The Labute approximate surface area is 101 Å². The van der Waals surface area contributed by atoms with E-state index in [1.807, 2.05) is 48.9 Å². The van der Waals surface area contributed by atoms with Gasteiger partial charge >= 0.3 is 5.97 Å². The zero-order valence-corrected chi connectivity index (χ0v) is 9.78. The second-order valence-electron chi connectivity index (χ2n) is 3.42. The van der Waals surface area contributed by atoms with Crippen LogP contribution in [0, 0.1) is 5.92 Å². The number of rotatable bonds is 2. The molecule has 16 heavy (non-hydrogen) atoms. The second kappa shape index (κ2) is 5.68. The number of halogens is 1. The molecule has 0 spiro atoms. The number of nitrogens with two attached hydrogens (primary N) is 1. The maximum atomic E-state index is 11.7. The van der Waals surface area contributed by atoms with Gasteiger partial charge < -0.3 is 17.1 Å². The van der Waals surface area contributed by atoms with Gasteiger partial charge in [0.2, 0.25) is 0 Å². The molecule has 1 aliphatic heterocycles. The molecule has 2 N–H and O–H groups in total. The number of esters is 1. The summed E-state index contributed by atoms with van der Waals surface area (Å²) in [4.78, 5) is 11.7. The SMILES string of the molecule is CCOC(=O)C1=C[NH2+]C=C2C=CC=CC21.[Cl-]. The van der Waals surface area contributed by atoms with Crippen molar-refractivity contribution in [2.45, 2.75) is 6.92 Å². The first-order valence-corrected chi connectivity index (χ1v) is 5.10. The third-order valence-corrected chi connectivity index (χ3v) is 2.47. The number of quaternary nitrogens is 1. The molecule has 2 rings (SSSR count). The number of carbonyl (C=O) groups is 1. The molecule has 4 heteroatoms. The molecular formula is C12H14ClNO2. The molecule has 0 aromatic rings. The van der Waals surface area contributed by atoms with E-state index in [0.717, 1.165) is 11.1 Å². The van der Waals surface area contributed by atoms with E-state index in [-0.39, 0.29) is 24.3 Å². The Balaban J connectivity index is 0.00000128. The fourth-order valence-corrected chi connectivity index (χ4v) is 1.78. The molecule has 3 nitrogen and oxygen atoms in total. The number of fused-ring (bicyclic) bond motifs is 1. The molecule has 1 unspecified atom stereocenters. The monoisotopic (exact) mass is 239 g/mol. The van der Waals surface area contributed by atoms with Crippen LogP contribution in [0.25, 0.3) is 0 Å². The van der Waals surface area contributed by atoms with Gasteiger partial charge in [-0.05, 0) is 6.92 Å². The second-order valence-corrected chi connectivity index (χ2v) is 3.42. The van der Waals surface area contributed by atoms with E-state index in [4.69, 9.17) is 4.74 Å². The Bertz CT molecular complexity index is 394. The smallest absolute Gasteiger partial charge is 0.340 e. The van der Waals surface area contributed by atoms with Crippen molar-refractivity contribution < 1.29 is 27.3 Å². The lowest BCUT2D eigenvalue weighted by Crippen LogP contribution is -3.00. The van der Waals surface area contributed by atoms with Gasteiger partial charge in [0.05, 0.1) is 6.61 Å². The van der Waals surface area contributed by atoms with Crippen LogP contribution in [0.3, 0.4) is 0 Å². The van der Waals surface area contributed by atoms with Gasteiger partial charge in [-0.2, -0.15) is 0 Å². The van der Waals surface area contributed by atoms with Crippen LogP contribution in [0.2, 0.25) is 0 Å². The predicted octanol–water partition coefficient (Wildman–Crippen LogP) is -2.36. The lowest BCUT2D eigenvalue weighted by atomic mass is 9.87. The highest BCUT2D eigenvalue weighted by atomic mass is 35.5. The molecule has 0 amide bonds. The predicted molar refractivity (Wildman–Crippen MR) is 56.5 cm³/mol. The summed E-state index contributed by atoms with van der Waals surface area (Å²) >= 11 is 0. The molecule has 0 radical (unpaired) electrons. The average Bonchev–Trinajstić information content (AvgIpc) is 2.28. The van der Waals surface area contributed by atoms with E-state index in [1.165, 1.54) is 0 Å². The molecular weight excluding hydrogens is 226 g/mol. The number of allylic oxidation sites excluding steroid dienone is 5. The molecule has 0 saturated heterocycles. The highest BCUT2D eigenvalue weighted by molar-refractivity contribution is 5.90. The molecule has 0 saturated carbocycles. The zero-order valence-electron chi connectivity index (χ0n) is 9.02. The first-order valence-electron chi connectivity index (χ1n) is 5.10. The Morgan fingerprint density at radius 3 is 3.00 bits per heavy atom. The molecule has 1 heterocycles. The van der Waals surface area contributed by atoms with Gasteiger partial charge in [-0.3, -0.25) is 5.32 Å². The van der Waals surface area contributed by atoms with Crippen LogP contribution < -0.4 is 17.7 Å². The third kappa shape index (κ3) is 2.43. The lowest BCUT2D eigenvalue weighted by Gasteiger charge is -2.19. The summed E-state index contributed by atoms with van der Waals surface area (Å²) in [5.74, 6) is -0.150. The molecule has 1 atom stereocenters. The first-order chi connectivity index (χ1) is 7.33. The minimum atomic E-state index is -0.218. The van der Waals surface area contributed by atoms with E-state index in [1.54, 1.807) is 0 Å². The summed E-state index contributed by atoms with van der Waals surface area (Å²) in [6, 6.07) is 0. The normalized spacial score (nSPS) is 21.4. The van der Waals surface area contributed by atoms with Crippen molar-refractivity contribution in [3.05, 3.63) is 47.9 Å². The van der Waals surface area contributed by atoms with Crippen molar-refractivity contribution in [1.29, 1.82) is 0 Å². The van der Waals surface area contributed by atoms with Gasteiger partial charge in [0.1, 0.15) is 18.0 Å². The number of carbonyl (C=O) groups excluding carboxylic acids is 1. The highest BCUT2D eigenvalue weighted by Gasteiger charge is 2.27. The number of hydrogen-bond acceptors (Lipinski definition) is 2. The van der Waals surface area contributed by atoms with Crippen LogP contribution in [-0.4, -0.2) is 12.6 Å². The van der Waals surface area contributed by atoms with Gasteiger partial charge in [0.15, 0.2) is 0 Å². The molecule has 1 aliphatic carbocycles. The van der Waals surface area contributed by atoms with Crippen LogP contribution in [-0.2, 0) is 9.53 Å². The maximum Gasteiger partial charge on any atom is 0.340 e. The molecule has 2 aliphatic rings. The first kappa shape index (κ1) is 12.7. The van der Waals surface area contributed by atoms with Gasteiger partial charge in [-0.25, -0.2) is 4.79 Å². The van der Waals surface area contributed by atoms with Crippen LogP contribution in [0.5, 0.6) is 0 Å². The molecule has 0 bridgehead atoms. The fraction of sp³-hybridized carbons (Fsp3) is 0.250. The molecule has 86 valence electrons. The topological polar surface area (TPSA) is 42.9 Å². The lowest BCUT2D eigenvalue weighted by molar-refractivity contribution is -0.517. The largest absolute Gasteiger partial charge is 1.00 e. The van der Waals surface area contributed by atoms with Crippen molar-refractivity contribution in [3.63, 3.8) is 0 Å². The van der Waals surface area contributed by atoms with Crippen LogP contribution in [0.15, 0.2) is 47.9 Å². The van der Waals surface area contributed by atoms with Crippen molar-refractivity contribution >= 4 is 5.97 Å². The van der Waals surface area contributed by atoms with Gasteiger partial charge in [0.25, 0.3) is 0 Å². The van der Waals surface area contributed by atoms with Crippen molar-refractivity contribution in [2.75, 3.05) is 6.61 Å². The summed E-state index contributed by atoms with van der Waals surface area (Å²) in [5.41, 5.74) is 1.86. The average molecular weight is 240 g/mol. The van der Waals surface area contributed by atoms with E-state index < -0.39 is 0 Å². The van der Waals surface area contributed by atoms with Crippen LogP contribution in [0.4, 0.5) is 0 Å². The van der Waals surface area contributed by atoms with Crippen LogP contribution in [0.1, 0.15) is 6.92 Å². The zero-order chi connectivity index (χ0) is 10.7. The summed E-state index contributed by atoms with van der Waals surface area (Å²) in [6.07, 6.45) is 11.8. The van der Waals surface area contributed by atoms with E-state index >= 15 is 0 Å². The van der Waals surface area contributed by atoms with Gasteiger partial charge in [-0.1, -0.05) is 24.3 Å². The third-order valence-electron chi connectivity index (χ3n) is 2.47. The van der Waals surface area contributed by atoms with Crippen molar-refractivity contribution in [3.8, 4) is 0 Å². The Morgan fingerprint density at radius 1 is 1.44 bits per heavy atom. The minimum absolute atomic E-state index is 0. The highest BCUT2D eigenvalue weighted by Crippen LogP contribution is 2.26. The molecule has 0 aromatic carbocycles. The standard InChI is InChI=1S/C12H13NO2.ClH/c1-2-15-12(14)11-8-13-7-9-5-3-4-6-10(9)11;/h3-8,10,13H,2H2,1H3;1H. The van der Waals surface area contributed by atoms with E-state index in [9.17, 15) is 4.79 Å². The van der Waals surface area contributed by atoms with E-state index in [0.29, 0.717) is 6.61 Å². The van der Waals surface area contributed by atoms with Gasteiger partial charge in [0, 0.05) is 11.5 Å². The molecule has 0 fully saturated rings. The molecule has 0 aromatic heterocycles. The summed E-state index contributed by atoms with van der Waals surface area (Å²) in [5, 5.41) is 1.89. The fourth-order valence-electron chi connectivity index (χ4n) is 1.78. The van der Waals surface area contributed by atoms with E-state index in [2.05, 4.69) is 0 Å². The van der Waals surface area contributed by atoms with Gasteiger partial charge in [-0.15, -0.1) is 0 Å². The van der Waals surface area contributed by atoms with Crippen LogP contribution >= 0.6 is 0 Å². The summed E-state index contributed by atoms with van der Waals surface area (Å²) in [7, 11) is 0. The Morgan fingerprint density at radius 2 is 2.25 bits per heavy atom. The number of hydrogen-bond donors (Lipinski definition) is 1. The Kier molecular flexibility index (Phi) is 4.52. The van der Waals surface area contributed by atoms with Crippen molar-refractivity contribution in [2.24, 2.45) is 5.92 Å². The Hall–Kier alpha value is -1.32. The quantitative estimate of drug-likeness (QED) is 0.548. The number of ether oxygens (including phenoxy) is 1. The minimum Gasteiger partial charge on any atom is -1.00 e.